The van der Waals surface area contributed by atoms with Crippen LogP contribution >= 0.6 is 0 Å². The molecule has 0 aromatic heterocycles. The molecule has 28 heavy (non-hydrogen) atoms. The highest BCUT2D eigenvalue weighted by molar-refractivity contribution is 5.96. The van der Waals surface area contributed by atoms with Crippen molar-refractivity contribution in [3.8, 4) is 0 Å². The van der Waals surface area contributed by atoms with Gasteiger partial charge in [0.25, 0.3) is 0 Å². The van der Waals surface area contributed by atoms with Crippen LogP contribution in [0.2, 0.25) is 0 Å². The number of rotatable bonds is 5. The number of nitrogens with zero attached hydrogens (tertiary/aromatic N) is 1. The van der Waals surface area contributed by atoms with Gasteiger partial charge in [-0.1, -0.05) is 51.1 Å². The lowest BCUT2D eigenvalue weighted by molar-refractivity contribution is -0.160. The van der Waals surface area contributed by atoms with Crippen LogP contribution in [0.1, 0.15) is 53.5 Å². The van der Waals surface area contributed by atoms with Crippen LogP contribution in [0.15, 0.2) is 30.3 Å². The molecule has 2 amide bonds. The highest BCUT2D eigenvalue weighted by atomic mass is 16.6. The first-order chi connectivity index (χ1) is 12.9. The van der Waals surface area contributed by atoms with Gasteiger partial charge in [-0.25, -0.2) is 9.69 Å². The first kappa shape index (κ1) is 21.9. The number of ether oxygens (including phenoxy) is 2. The minimum atomic E-state index is -0.689. The van der Waals surface area contributed by atoms with E-state index >= 15 is 0 Å². The van der Waals surface area contributed by atoms with Crippen LogP contribution in [0.5, 0.6) is 0 Å². The second-order valence-electron chi connectivity index (χ2n) is 9.34. The fourth-order valence-electron chi connectivity index (χ4n) is 3.25. The van der Waals surface area contributed by atoms with E-state index in [4.69, 9.17) is 9.47 Å². The highest BCUT2D eigenvalue weighted by Gasteiger charge is 2.45. The van der Waals surface area contributed by atoms with Gasteiger partial charge in [-0.15, -0.1) is 0 Å². The summed E-state index contributed by atoms with van der Waals surface area (Å²) in [5.41, 5.74) is -0.137. The molecule has 0 aliphatic carbocycles. The molecule has 1 aromatic carbocycles. The Morgan fingerprint density at radius 3 is 2.29 bits per heavy atom. The van der Waals surface area contributed by atoms with Gasteiger partial charge in [0.2, 0.25) is 5.91 Å². The number of hydrogen-bond acceptors (Lipinski definition) is 5. The first-order valence-corrected chi connectivity index (χ1v) is 9.64. The van der Waals surface area contributed by atoms with E-state index in [9.17, 15) is 14.4 Å². The Balaban J connectivity index is 2.21. The predicted octanol–water partition coefficient (Wildman–Crippen LogP) is 3.97. The Kier molecular flexibility index (Phi) is 6.52. The van der Waals surface area contributed by atoms with E-state index in [1.807, 2.05) is 51.1 Å². The molecule has 1 heterocycles. The Hall–Kier alpha value is -2.37. The average Bonchev–Trinajstić information content (AvgIpc) is 2.91. The number of carbonyl (C=O) groups is 3. The molecule has 0 saturated carbocycles. The molecule has 1 fully saturated rings. The third-order valence-electron chi connectivity index (χ3n) is 4.65. The van der Waals surface area contributed by atoms with Crippen LogP contribution in [0.25, 0.3) is 0 Å². The lowest BCUT2D eigenvalue weighted by Gasteiger charge is -2.33. The minimum Gasteiger partial charge on any atom is -0.460 e. The zero-order valence-corrected chi connectivity index (χ0v) is 17.7. The van der Waals surface area contributed by atoms with Gasteiger partial charge < -0.3 is 9.47 Å². The second kappa shape index (κ2) is 8.33. The van der Waals surface area contributed by atoms with Gasteiger partial charge in [0.15, 0.2) is 0 Å². The van der Waals surface area contributed by atoms with Crippen LogP contribution in [-0.2, 0) is 25.5 Å². The van der Waals surface area contributed by atoms with Gasteiger partial charge in [-0.3, -0.25) is 9.59 Å². The quantitative estimate of drug-likeness (QED) is 0.713. The summed E-state index contributed by atoms with van der Waals surface area (Å²) in [5, 5.41) is 0. The van der Waals surface area contributed by atoms with Crippen molar-refractivity contribution in [2.24, 2.45) is 11.3 Å². The normalized spacial score (nSPS) is 18.6. The number of benzene rings is 1. The Morgan fingerprint density at radius 2 is 1.75 bits per heavy atom. The van der Waals surface area contributed by atoms with Gasteiger partial charge in [0.05, 0.1) is 18.4 Å². The maximum Gasteiger partial charge on any atom is 0.416 e. The van der Waals surface area contributed by atoms with Gasteiger partial charge in [-0.05, 0) is 38.2 Å². The molecule has 1 unspecified atom stereocenters. The van der Waals surface area contributed by atoms with Crippen LogP contribution in [0, 0.1) is 11.3 Å². The smallest absolute Gasteiger partial charge is 0.416 e. The van der Waals surface area contributed by atoms with E-state index < -0.39 is 29.0 Å². The molecule has 1 aliphatic rings. The zero-order chi connectivity index (χ0) is 21.1. The molecule has 0 spiro atoms. The van der Waals surface area contributed by atoms with Gasteiger partial charge in [0.1, 0.15) is 12.2 Å². The maximum atomic E-state index is 13.3. The fourth-order valence-corrected chi connectivity index (χ4v) is 3.25. The van der Waals surface area contributed by atoms with E-state index in [2.05, 4.69) is 0 Å². The number of cyclic esters (lactones) is 1. The van der Waals surface area contributed by atoms with Gasteiger partial charge in [0, 0.05) is 0 Å². The van der Waals surface area contributed by atoms with E-state index in [0.29, 0.717) is 6.42 Å². The Bertz CT molecular complexity index is 715. The number of imide groups is 1. The first-order valence-electron chi connectivity index (χ1n) is 9.64. The van der Waals surface area contributed by atoms with Crippen LogP contribution in [-0.4, -0.2) is 41.1 Å². The van der Waals surface area contributed by atoms with Crippen molar-refractivity contribution in [1.29, 1.82) is 0 Å². The third kappa shape index (κ3) is 5.81. The van der Waals surface area contributed by atoms with Crippen molar-refractivity contribution in [1.82, 2.24) is 4.90 Å². The summed E-state index contributed by atoms with van der Waals surface area (Å²) in [4.78, 5) is 39.2. The summed E-state index contributed by atoms with van der Waals surface area (Å²) < 4.78 is 10.6. The zero-order valence-electron chi connectivity index (χ0n) is 17.7. The SMILES string of the molecule is CC(C)(C)OC(=O)CC(C(=O)N1C(=O)OC[C@H]1Cc1ccccc1)C(C)(C)C. The summed E-state index contributed by atoms with van der Waals surface area (Å²) in [7, 11) is 0. The van der Waals surface area contributed by atoms with E-state index in [1.54, 1.807) is 20.8 Å². The Morgan fingerprint density at radius 1 is 1.14 bits per heavy atom. The van der Waals surface area contributed by atoms with Crippen molar-refractivity contribution in [3.63, 3.8) is 0 Å². The molecular weight excluding hydrogens is 358 g/mol. The average molecular weight is 389 g/mol. The maximum absolute atomic E-state index is 13.3. The van der Waals surface area contributed by atoms with Crippen molar-refractivity contribution in [2.75, 3.05) is 6.61 Å². The van der Waals surface area contributed by atoms with Crippen molar-refractivity contribution in [3.05, 3.63) is 35.9 Å². The summed E-state index contributed by atoms with van der Waals surface area (Å²) in [6.07, 6.45) is -0.215. The third-order valence-corrected chi connectivity index (χ3v) is 4.65. The van der Waals surface area contributed by atoms with Crippen molar-refractivity contribution in [2.45, 2.75) is 66.0 Å². The number of esters is 1. The lowest BCUT2D eigenvalue weighted by atomic mass is 9.77. The van der Waals surface area contributed by atoms with Gasteiger partial charge >= 0.3 is 12.1 Å². The summed E-state index contributed by atoms with van der Waals surface area (Å²) in [6, 6.07) is 9.27. The molecule has 2 atom stereocenters. The number of carbonyl (C=O) groups excluding carboxylic acids is 3. The molecule has 1 saturated heterocycles. The molecule has 1 aromatic rings. The summed E-state index contributed by atoms with van der Waals surface area (Å²) in [6.45, 7) is 11.2. The van der Waals surface area contributed by atoms with Crippen molar-refractivity contribution < 1.29 is 23.9 Å². The molecular formula is C22H31NO5. The monoisotopic (exact) mass is 389 g/mol. The second-order valence-corrected chi connectivity index (χ2v) is 9.34. The molecule has 154 valence electrons. The topological polar surface area (TPSA) is 72.9 Å². The molecule has 6 nitrogen and oxygen atoms in total. The van der Waals surface area contributed by atoms with Crippen LogP contribution in [0.4, 0.5) is 4.79 Å². The number of hydrogen-bond donors (Lipinski definition) is 0. The standard InChI is InChI=1S/C22H31NO5/c1-21(2,3)17(13-18(24)28-22(4,5)6)19(25)23-16(14-27-20(23)26)12-15-10-8-7-9-11-15/h7-11,16-17H,12-14H2,1-6H3/t16-,17?/m1/s1. The molecule has 0 radical (unpaired) electrons. The fraction of sp³-hybridized carbons (Fsp3) is 0.591. The minimum absolute atomic E-state index is 0.0819. The molecule has 0 bridgehead atoms. The van der Waals surface area contributed by atoms with Crippen molar-refractivity contribution >= 4 is 18.0 Å². The summed E-state index contributed by atoms with van der Waals surface area (Å²) in [5.74, 6) is -1.53. The number of amides is 2. The van der Waals surface area contributed by atoms with Crippen LogP contribution in [0.3, 0.4) is 0 Å². The largest absolute Gasteiger partial charge is 0.460 e. The summed E-state index contributed by atoms with van der Waals surface area (Å²) >= 11 is 0. The molecule has 6 heteroatoms. The molecule has 0 N–H and O–H groups in total. The van der Waals surface area contributed by atoms with E-state index in [1.165, 1.54) is 4.90 Å². The van der Waals surface area contributed by atoms with E-state index in [-0.39, 0.29) is 25.0 Å². The highest BCUT2D eigenvalue weighted by Crippen LogP contribution is 2.33. The predicted molar refractivity (Wildman–Crippen MR) is 106 cm³/mol. The van der Waals surface area contributed by atoms with Gasteiger partial charge in [-0.2, -0.15) is 0 Å². The molecule has 2 rings (SSSR count). The van der Waals surface area contributed by atoms with E-state index in [0.717, 1.165) is 5.56 Å². The van der Waals surface area contributed by atoms with Crippen LogP contribution < -0.4 is 0 Å². The Labute approximate surface area is 167 Å². The molecule has 1 aliphatic heterocycles. The lowest BCUT2D eigenvalue weighted by Crippen LogP contribution is -2.47.